The number of aliphatic hydroxyl groups is 2. The highest BCUT2D eigenvalue weighted by Crippen LogP contribution is 2.64. The lowest BCUT2D eigenvalue weighted by molar-refractivity contribution is -0.215. The molecule has 0 aromatic heterocycles. The second-order valence-corrected chi connectivity index (χ2v) is 14.5. The maximum Gasteiger partial charge on any atom is 0.407 e. The molecule has 312 valence electrons. The maximum absolute atomic E-state index is 14.0. The second-order valence-electron chi connectivity index (χ2n) is 14.5. The third-order valence-electron chi connectivity index (χ3n) is 10.4. The summed E-state index contributed by atoms with van der Waals surface area (Å²) in [6.45, 7) is 14.5. The number of esters is 2. The number of aliphatic hydroxyl groups excluding tert-OH is 2. The molecular weight excluding hydrogens is 716 g/mol. The van der Waals surface area contributed by atoms with Gasteiger partial charge < -0.3 is 49.6 Å². The fraction of sp³-hybridized carbons (Fsp3) is 0.725. The van der Waals surface area contributed by atoms with Crippen LogP contribution in [-0.2, 0) is 42.9 Å². The van der Waals surface area contributed by atoms with Crippen LogP contribution in [0.25, 0.3) is 0 Å². The first-order chi connectivity index (χ1) is 26.1. The molecule has 2 aliphatic heterocycles. The Balaban J connectivity index is 0.00000514. The number of carboxylic acids is 1. The summed E-state index contributed by atoms with van der Waals surface area (Å²) in [5.41, 5.74) is -0.701. The molecule has 2 fully saturated rings. The molecule has 15 heteroatoms. The zero-order valence-corrected chi connectivity index (χ0v) is 33.7. The Hall–Kier alpha value is -3.79. The largest absolute Gasteiger partial charge is 0.481 e. The quantitative estimate of drug-likeness (QED) is 0.0271. The van der Waals surface area contributed by atoms with Crippen molar-refractivity contribution >= 4 is 29.9 Å². The molecule has 2 amide bonds. The Morgan fingerprint density at radius 3 is 2.36 bits per heavy atom. The molecule has 0 bridgehead atoms. The molecule has 5 N–H and O–H groups in total. The number of allylic oxidation sites excluding steroid dienone is 3. The summed E-state index contributed by atoms with van der Waals surface area (Å²) >= 11 is 0. The Morgan fingerprint density at radius 2 is 1.75 bits per heavy atom. The second kappa shape index (κ2) is 22.7. The van der Waals surface area contributed by atoms with Gasteiger partial charge in [0.25, 0.3) is 0 Å². The smallest absolute Gasteiger partial charge is 0.407 e. The van der Waals surface area contributed by atoms with Crippen LogP contribution in [0.5, 0.6) is 0 Å². The van der Waals surface area contributed by atoms with Gasteiger partial charge in [0.05, 0.1) is 31.3 Å². The molecule has 3 aliphatic rings. The number of alkyl carbamates (subject to hydrolysis) is 1. The van der Waals surface area contributed by atoms with Gasteiger partial charge in [-0.15, -0.1) is 0 Å². The molecule has 15 nitrogen and oxygen atoms in total. The maximum atomic E-state index is 14.0. The van der Waals surface area contributed by atoms with Crippen molar-refractivity contribution in [1.82, 2.24) is 10.6 Å². The number of fused-ring (bicyclic) bond motifs is 2. The number of nitrogens with one attached hydrogen (secondary N) is 2. The zero-order valence-electron chi connectivity index (χ0n) is 33.7. The lowest BCUT2D eigenvalue weighted by Gasteiger charge is -2.57. The fourth-order valence-electron chi connectivity index (χ4n) is 7.36. The van der Waals surface area contributed by atoms with Crippen LogP contribution in [0.1, 0.15) is 107 Å². The topological polar surface area (TPSA) is 220 Å². The van der Waals surface area contributed by atoms with Crippen LogP contribution in [0, 0.1) is 16.7 Å². The van der Waals surface area contributed by atoms with Gasteiger partial charge in [-0.25, -0.2) is 14.4 Å². The number of carbonyl (C=O) groups is 5. The van der Waals surface area contributed by atoms with Crippen molar-refractivity contribution in [2.45, 2.75) is 150 Å². The normalized spacial score (nSPS) is 26.7. The van der Waals surface area contributed by atoms with Crippen molar-refractivity contribution in [3.63, 3.8) is 0 Å². The predicted octanol–water partition coefficient (Wildman–Crippen LogP) is 4.49. The lowest BCUT2D eigenvalue weighted by Crippen LogP contribution is -2.64. The van der Waals surface area contributed by atoms with E-state index in [0.717, 1.165) is 5.57 Å². The molecule has 55 heavy (non-hydrogen) atoms. The van der Waals surface area contributed by atoms with E-state index in [1.54, 1.807) is 39.0 Å². The molecule has 3 rings (SSSR count). The summed E-state index contributed by atoms with van der Waals surface area (Å²) < 4.78 is 29.6. The lowest BCUT2D eigenvalue weighted by atomic mass is 9.52. The van der Waals surface area contributed by atoms with Crippen molar-refractivity contribution in [2.75, 3.05) is 19.8 Å². The third-order valence-corrected chi connectivity index (χ3v) is 10.4. The van der Waals surface area contributed by atoms with Gasteiger partial charge in [-0.1, -0.05) is 70.9 Å². The van der Waals surface area contributed by atoms with Gasteiger partial charge in [-0.3, -0.25) is 9.59 Å². The van der Waals surface area contributed by atoms with Gasteiger partial charge in [0, 0.05) is 29.9 Å². The van der Waals surface area contributed by atoms with Gasteiger partial charge in [-0.2, -0.15) is 0 Å². The van der Waals surface area contributed by atoms with Crippen molar-refractivity contribution in [1.29, 1.82) is 0 Å². The van der Waals surface area contributed by atoms with E-state index in [4.69, 9.17) is 23.7 Å². The minimum absolute atomic E-state index is 0.0432. The monoisotopic (exact) mass is 780 g/mol. The van der Waals surface area contributed by atoms with E-state index in [1.165, 1.54) is 6.08 Å². The van der Waals surface area contributed by atoms with Crippen molar-refractivity contribution in [2.24, 2.45) is 16.7 Å². The summed E-state index contributed by atoms with van der Waals surface area (Å²) in [6, 6.07) is -2.34. The summed E-state index contributed by atoms with van der Waals surface area (Å²) in [5, 5.41) is 33.5. The molecule has 0 radical (unpaired) electrons. The molecule has 0 saturated carbocycles. The summed E-state index contributed by atoms with van der Waals surface area (Å²) in [7, 11) is 0. The number of hydrogen-bond acceptors (Lipinski definition) is 12. The first-order valence-electron chi connectivity index (χ1n) is 19.5. The van der Waals surface area contributed by atoms with Gasteiger partial charge >= 0.3 is 24.0 Å². The first-order valence-corrected chi connectivity index (χ1v) is 19.5. The van der Waals surface area contributed by atoms with E-state index < -0.39 is 102 Å². The van der Waals surface area contributed by atoms with Crippen LogP contribution in [0.15, 0.2) is 36.0 Å². The number of hydrogen-bond donors (Lipinski definition) is 5. The zero-order chi connectivity index (χ0) is 41.3. The molecule has 10 atom stereocenters. The number of carboxylic acid groups (broad SMARTS) is 1. The highest BCUT2D eigenvalue weighted by atomic mass is 16.8. The highest BCUT2D eigenvalue weighted by Gasteiger charge is 2.73. The third kappa shape index (κ3) is 13.1. The molecule has 1 aliphatic carbocycles. The fourth-order valence-corrected chi connectivity index (χ4v) is 7.36. The summed E-state index contributed by atoms with van der Waals surface area (Å²) in [4.78, 5) is 63.9. The molecule has 8 unspecified atom stereocenters. The van der Waals surface area contributed by atoms with Crippen molar-refractivity contribution in [3.8, 4) is 0 Å². The minimum Gasteiger partial charge on any atom is -0.481 e. The molecular formula is C40H64N2O13. The Kier molecular flexibility index (Phi) is 19.5. The SMILES string of the molecule is CC.CCCC(OC(=O)/C=C\C=C\CC(C)O)C1(C)C2OC2OC2C=C(C)CC[C@@]21COC(=O)[C@@H](NC(=O)CC(CC(=O)O)NC(=O)OCC)C(C)CCO. The van der Waals surface area contributed by atoms with Crippen molar-refractivity contribution < 1.29 is 63.0 Å². The molecule has 0 spiro atoms. The molecule has 2 saturated heterocycles. The highest BCUT2D eigenvalue weighted by molar-refractivity contribution is 5.86. The van der Waals surface area contributed by atoms with E-state index in [2.05, 4.69) is 10.6 Å². The predicted molar refractivity (Wildman–Crippen MR) is 202 cm³/mol. The Bertz CT molecular complexity index is 1380. The van der Waals surface area contributed by atoms with Gasteiger partial charge in [0.1, 0.15) is 24.9 Å². The van der Waals surface area contributed by atoms with E-state index in [-0.39, 0.29) is 26.2 Å². The number of aliphatic carboxylic acids is 1. The number of epoxide rings is 1. The number of rotatable bonds is 21. The van der Waals surface area contributed by atoms with Crippen LogP contribution in [0.3, 0.4) is 0 Å². The van der Waals surface area contributed by atoms with Crippen LogP contribution in [0.4, 0.5) is 4.79 Å². The summed E-state index contributed by atoms with van der Waals surface area (Å²) in [5.74, 6) is -3.88. The summed E-state index contributed by atoms with van der Waals surface area (Å²) in [6.07, 6.45) is 6.62. The van der Waals surface area contributed by atoms with E-state index in [9.17, 15) is 39.3 Å². The standard InChI is InChI=1S/C38H58N2O13.C2H6/c1-7-12-27(51-31(46)14-11-9-10-13-25(5)42)37(6)33-35(53-33)52-28-19-23(3)15-17-38(28,37)22-50-34(47)32(24(4)16-18-41)40-29(43)20-26(21-30(44)45)39-36(48)49-8-2;1-2/h9-11,14,19,24-28,32-33,35,41-42H,7-8,12-13,15-18,20-22H2,1-6H3,(H,39,48)(H,40,43)(H,44,45);1-2H3/b10-9+,14-11-;/t24?,25?,26?,27?,28?,32-,33?,35?,37?,38+;/m0./s1. The average molecular weight is 781 g/mol. The van der Waals surface area contributed by atoms with Gasteiger partial charge in [0.15, 0.2) is 6.29 Å². The average Bonchev–Trinajstić information content (AvgIpc) is 3.90. The van der Waals surface area contributed by atoms with Crippen LogP contribution in [0.2, 0.25) is 0 Å². The van der Waals surface area contributed by atoms with Crippen LogP contribution >= 0.6 is 0 Å². The van der Waals surface area contributed by atoms with Crippen molar-refractivity contribution in [3.05, 3.63) is 36.0 Å². The van der Waals surface area contributed by atoms with E-state index >= 15 is 0 Å². The Labute approximate surface area is 325 Å². The molecule has 0 aromatic rings. The van der Waals surface area contributed by atoms with Crippen LogP contribution in [-0.4, -0.2) is 108 Å². The number of amides is 2. The molecule has 0 aromatic carbocycles. The van der Waals surface area contributed by atoms with Gasteiger partial charge in [-0.05, 0) is 58.8 Å². The van der Waals surface area contributed by atoms with E-state index in [1.807, 2.05) is 40.7 Å². The minimum atomic E-state index is -1.25. The van der Waals surface area contributed by atoms with E-state index in [0.29, 0.717) is 32.1 Å². The van der Waals surface area contributed by atoms with Gasteiger partial charge in [0.2, 0.25) is 5.91 Å². The number of ether oxygens (including phenoxy) is 5. The van der Waals surface area contributed by atoms with Crippen LogP contribution < -0.4 is 10.6 Å². The Morgan fingerprint density at radius 1 is 1.04 bits per heavy atom. The molecule has 2 heterocycles. The first kappa shape index (κ1) is 47.4. The number of carbonyl (C=O) groups excluding carboxylic acids is 4.